The van der Waals surface area contributed by atoms with E-state index in [1.165, 1.54) is 0 Å². The van der Waals surface area contributed by atoms with Gasteiger partial charge in [-0.05, 0) is 49.6 Å². The fraction of sp³-hybridized carbons (Fsp3) is 0.294. The number of rotatable bonds is 4. The lowest BCUT2D eigenvalue weighted by Crippen LogP contribution is -2.42. The van der Waals surface area contributed by atoms with Crippen LogP contribution in [0.3, 0.4) is 0 Å². The summed E-state index contributed by atoms with van der Waals surface area (Å²) in [5, 5.41) is 3.03. The van der Waals surface area contributed by atoms with Gasteiger partial charge < -0.3 is 5.32 Å². The standard InChI is InChI=1S/C17H20N2O/c1-4-17(2,3)19-16(20)14-9-7-13(8-10-14)15-6-5-11-18-12-15/h5-12H,4H2,1-3H3,(H,19,20). The summed E-state index contributed by atoms with van der Waals surface area (Å²) in [5.74, 6) is -0.0328. The smallest absolute Gasteiger partial charge is 0.251 e. The van der Waals surface area contributed by atoms with Crippen molar-refractivity contribution in [1.82, 2.24) is 10.3 Å². The topological polar surface area (TPSA) is 42.0 Å². The predicted molar refractivity (Wildman–Crippen MR) is 81.5 cm³/mol. The van der Waals surface area contributed by atoms with Gasteiger partial charge in [0.25, 0.3) is 5.91 Å². The number of benzene rings is 1. The molecule has 0 saturated heterocycles. The van der Waals surface area contributed by atoms with Gasteiger partial charge in [0.05, 0.1) is 0 Å². The SMILES string of the molecule is CCC(C)(C)NC(=O)c1ccc(-c2cccnc2)cc1. The van der Waals surface area contributed by atoms with Crippen molar-refractivity contribution >= 4 is 5.91 Å². The first-order chi connectivity index (χ1) is 9.52. The summed E-state index contributed by atoms with van der Waals surface area (Å²) >= 11 is 0. The van der Waals surface area contributed by atoms with Crippen LogP contribution in [0.1, 0.15) is 37.6 Å². The highest BCUT2D eigenvalue weighted by Crippen LogP contribution is 2.18. The van der Waals surface area contributed by atoms with Crippen LogP contribution in [-0.4, -0.2) is 16.4 Å². The van der Waals surface area contributed by atoms with E-state index < -0.39 is 0 Å². The molecule has 20 heavy (non-hydrogen) atoms. The van der Waals surface area contributed by atoms with Gasteiger partial charge in [-0.15, -0.1) is 0 Å². The summed E-state index contributed by atoms with van der Waals surface area (Å²) < 4.78 is 0. The van der Waals surface area contributed by atoms with E-state index >= 15 is 0 Å². The van der Waals surface area contributed by atoms with Gasteiger partial charge >= 0.3 is 0 Å². The molecule has 0 aliphatic heterocycles. The van der Waals surface area contributed by atoms with Crippen molar-refractivity contribution in [3.8, 4) is 11.1 Å². The molecule has 0 unspecified atom stereocenters. The molecule has 1 amide bonds. The minimum absolute atomic E-state index is 0.0328. The molecule has 0 radical (unpaired) electrons. The molecule has 1 aromatic heterocycles. The Kier molecular flexibility index (Phi) is 4.18. The van der Waals surface area contributed by atoms with Gasteiger partial charge in [-0.3, -0.25) is 9.78 Å². The fourth-order valence-corrected chi connectivity index (χ4v) is 1.82. The number of carbonyl (C=O) groups is 1. The zero-order valence-corrected chi connectivity index (χ0v) is 12.2. The number of hydrogen-bond acceptors (Lipinski definition) is 2. The van der Waals surface area contributed by atoms with E-state index in [9.17, 15) is 4.79 Å². The molecule has 2 rings (SSSR count). The summed E-state index contributed by atoms with van der Waals surface area (Å²) in [6.45, 7) is 6.11. The average Bonchev–Trinajstić information content (AvgIpc) is 2.48. The third kappa shape index (κ3) is 3.44. The fourth-order valence-electron chi connectivity index (χ4n) is 1.82. The number of hydrogen-bond donors (Lipinski definition) is 1. The van der Waals surface area contributed by atoms with Crippen LogP contribution in [0.15, 0.2) is 48.8 Å². The van der Waals surface area contributed by atoms with Gasteiger partial charge in [0.2, 0.25) is 0 Å². The molecule has 1 heterocycles. The van der Waals surface area contributed by atoms with Crippen molar-refractivity contribution in [2.75, 3.05) is 0 Å². The predicted octanol–water partition coefficient (Wildman–Crippen LogP) is 3.67. The Morgan fingerprint density at radius 1 is 1.15 bits per heavy atom. The number of nitrogens with one attached hydrogen (secondary N) is 1. The number of pyridine rings is 1. The van der Waals surface area contributed by atoms with Crippen molar-refractivity contribution in [3.05, 3.63) is 54.4 Å². The zero-order valence-electron chi connectivity index (χ0n) is 12.2. The Morgan fingerprint density at radius 2 is 1.85 bits per heavy atom. The molecular formula is C17H20N2O. The maximum absolute atomic E-state index is 12.1. The zero-order chi connectivity index (χ0) is 14.6. The van der Waals surface area contributed by atoms with E-state index in [0.29, 0.717) is 5.56 Å². The van der Waals surface area contributed by atoms with Crippen LogP contribution in [0.4, 0.5) is 0 Å². The molecule has 0 bridgehead atoms. The molecule has 104 valence electrons. The van der Waals surface area contributed by atoms with Crippen LogP contribution in [0.5, 0.6) is 0 Å². The van der Waals surface area contributed by atoms with Gasteiger partial charge in [0, 0.05) is 23.5 Å². The highest BCUT2D eigenvalue weighted by atomic mass is 16.1. The normalized spacial score (nSPS) is 11.2. The Hall–Kier alpha value is -2.16. The van der Waals surface area contributed by atoms with Crippen LogP contribution in [-0.2, 0) is 0 Å². The van der Waals surface area contributed by atoms with E-state index in [0.717, 1.165) is 17.5 Å². The first kappa shape index (κ1) is 14.3. The molecule has 0 atom stereocenters. The third-order valence-electron chi connectivity index (χ3n) is 3.48. The molecule has 0 aliphatic rings. The van der Waals surface area contributed by atoms with Crippen LogP contribution in [0, 0.1) is 0 Å². The molecule has 1 N–H and O–H groups in total. The Labute approximate surface area is 120 Å². The maximum atomic E-state index is 12.1. The van der Waals surface area contributed by atoms with Crippen LogP contribution < -0.4 is 5.32 Å². The van der Waals surface area contributed by atoms with Crippen molar-refractivity contribution in [2.45, 2.75) is 32.7 Å². The molecule has 2 aromatic rings. The van der Waals surface area contributed by atoms with Gasteiger partial charge in [0.15, 0.2) is 0 Å². The Balaban J connectivity index is 2.15. The largest absolute Gasteiger partial charge is 0.347 e. The van der Waals surface area contributed by atoms with Crippen LogP contribution in [0.25, 0.3) is 11.1 Å². The monoisotopic (exact) mass is 268 g/mol. The second-order valence-corrected chi connectivity index (χ2v) is 5.51. The summed E-state index contributed by atoms with van der Waals surface area (Å²) in [7, 11) is 0. The van der Waals surface area contributed by atoms with Gasteiger partial charge in [0.1, 0.15) is 0 Å². The molecule has 0 spiro atoms. The minimum atomic E-state index is -0.181. The molecule has 0 saturated carbocycles. The van der Waals surface area contributed by atoms with Crippen LogP contribution >= 0.6 is 0 Å². The average molecular weight is 268 g/mol. The lowest BCUT2D eigenvalue weighted by atomic mass is 10.0. The maximum Gasteiger partial charge on any atom is 0.251 e. The minimum Gasteiger partial charge on any atom is -0.347 e. The summed E-state index contributed by atoms with van der Waals surface area (Å²) in [6.07, 6.45) is 4.46. The van der Waals surface area contributed by atoms with E-state index in [-0.39, 0.29) is 11.4 Å². The Bertz CT molecular complexity index is 574. The van der Waals surface area contributed by atoms with Gasteiger partial charge in [-0.1, -0.05) is 25.1 Å². The molecule has 0 fully saturated rings. The summed E-state index contributed by atoms with van der Waals surface area (Å²) in [6, 6.07) is 11.5. The van der Waals surface area contributed by atoms with Crippen molar-refractivity contribution in [3.63, 3.8) is 0 Å². The number of amides is 1. The number of carbonyl (C=O) groups excluding carboxylic acids is 1. The molecule has 3 heteroatoms. The molecular weight excluding hydrogens is 248 g/mol. The van der Waals surface area contributed by atoms with Gasteiger partial charge in [-0.25, -0.2) is 0 Å². The van der Waals surface area contributed by atoms with Crippen molar-refractivity contribution in [1.29, 1.82) is 0 Å². The number of nitrogens with zero attached hydrogens (tertiary/aromatic N) is 1. The van der Waals surface area contributed by atoms with E-state index in [1.54, 1.807) is 6.20 Å². The quantitative estimate of drug-likeness (QED) is 0.919. The van der Waals surface area contributed by atoms with E-state index in [4.69, 9.17) is 0 Å². The lowest BCUT2D eigenvalue weighted by molar-refractivity contribution is 0.0911. The second kappa shape index (κ2) is 5.87. The summed E-state index contributed by atoms with van der Waals surface area (Å²) in [4.78, 5) is 16.2. The summed E-state index contributed by atoms with van der Waals surface area (Å²) in [5.41, 5.74) is 2.61. The van der Waals surface area contributed by atoms with E-state index in [2.05, 4.69) is 17.2 Å². The molecule has 3 nitrogen and oxygen atoms in total. The van der Waals surface area contributed by atoms with Gasteiger partial charge in [-0.2, -0.15) is 0 Å². The highest BCUT2D eigenvalue weighted by Gasteiger charge is 2.18. The van der Waals surface area contributed by atoms with E-state index in [1.807, 2.05) is 56.4 Å². The number of aromatic nitrogens is 1. The van der Waals surface area contributed by atoms with Crippen LogP contribution in [0.2, 0.25) is 0 Å². The molecule has 1 aromatic carbocycles. The second-order valence-electron chi connectivity index (χ2n) is 5.51. The van der Waals surface area contributed by atoms with Crippen molar-refractivity contribution < 1.29 is 4.79 Å². The Morgan fingerprint density at radius 3 is 2.40 bits per heavy atom. The lowest BCUT2D eigenvalue weighted by Gasteiger charge is -2.24. The third-order valence-corrected chi connectivity index (χ3v) is 3.48. The first-order valence-electron chi connectivity index (χ1n) is 6.85. The molecule has 0 aliphatic carbocycles. The van der Waals surface area contributed by atoms with Crippen molar-refractivity contribution in [2.24, 2.45) is 0 Å². The highest BCUT2D eigenvalue weighted by molar-refractivity contribution is 5.95. The first-order valence-corrected chi connectivity index (χ1v) is 6.85.